The molecule has 0 saturated heterocycles. The van der Waals surface area contributed by atoms with E-state index in [2.05, 4.69) is 48.9 Å². The highest BCUT2D eigenvalue weighted by atomic mass is 16.5. The minimum atomic E-state index is 0.581. The molecule has 2 aliphatic rings. The number of fused-ring (bicyclic) bond motifs is 2. The Balaban J connectivity index is 1.75. The maximum atomic E-state index is 6.23. The van der Waals surface area contributed by atoms with Gasteiger partial charge in [-0.1, -0.05) is 0 Å². The van der Waals surface area contributed by atoms with Crippen molar-refractivity contribution in [1.82, 2.24) is 9.56 Å². The summed E-state index contributed by atoms with van der Waals surface area (Å²) in [5.74, 6) is 0.780. The van der Waals surface area contributed by atoms with E-state index in [0.717, 1.165) is 58.8 Å². The zero-order valence-corrected chi connectivity index (χ0v) is 19.1. The van der Waals surface area contributed by atoms with Crippen molar-refractivity contribution in [1.29, 1.82) is 0 Å². The number of aryl methyl sites for hydroxylation is 1. The minimum Gasteiger partial charge on any atom is -0.452 e. The van der Waals surface area contributed by atoms with Gasteiger partial charge in [-0.3, -0.25) is 0 Å². The van der Waals surface area contributed by atoms with Crippen LogP contribution in [0.3, 0.4) is 0 Å². The third kappa shape index (κ3) is 6.26. The van der Waals surface area contributed by atoms with Crippen LogP contribution in [0, 0.1) is 6.92 Å². The van der Waals surface area contributed by atoms with E-state index in [1.165, 1.54) is 0 Å². The zero-order chi connectivity index (χ0) is 22.1. The van der Waals surface area contributed by atoms with Gasteiger partial charge in [-0.05, 0) is 38.5 Å². The summed E-state index contributed by atoms with van der Waals surface area (Å²) in [6.07, 6.45) is 0. The molecule has 7 nitrogen and oxygen atoms in total. The Bertz CT molecular complexity index is 1020. The second-order valence-corrected chi connectivity index (χ2v) is 7.33. The van der Waals surface area contributed by atoms with Crippen molar-refractivity contribution < 1.29 is 18.6 Å². The lowest BCUT2D eigenvalue weighted by Crippen LogP contribution is -2.33. The number of rotatable bonds is 12. The number of nitrogens with zero attached hydrogens (tertiary/aromatic N) is 2. The lowest BCUT2D eigenvalue weighted by molar-refractivity contribution is 0.0248. The molecule has 7 heteroatoms. The van der Waals surface area contributed by atoms with Gasteiger partial charge in [-0.2, -0.15) is 0 Å². The molecule has 31 heavy (non-hydrogen) atoms. The number of nitrogens with one attached hydrogen (secondary N) is 1. The largest absolute Gasteiger partial charge is 0.452 e. The second kappa shape index (κ2) is 11.8. The summed E-state index contributed by atoms with van der Waals surface area (Å²) in [6.45, 7) is 11.9. The third-order valence-electron chi connectivity index (χ3n) is 5.13. The van der Waals surface area contributed by atoms with Crippen LogP contribution in [0.4, 0.5) is 5.69 Å². The fourth-order valence-corrected chi connectivity index (χ4v) is 3.45. The van der Waals surface area contributed by atoms with E-state index in [1.54, 1.807) is 7.11 Å². The molecule has 0 radical (unpaired) electrons. The van der Waals surface area contributed by atoms with Crippen LogP contribution < -0.4 is 15.2 Å². The minimum absolute atomic E-state index is 0.581. The molecule has 1 heterocycles. The molecule has 0 atom stereocenters. The SMILES string of the molecule is CCNc1cc2oc3cc(=[N+](CC)CCOCCOCCOC)ccc-3nc2cc1C. The smallest absolute Gasteiger partial charge is 0.203 e. The van der Waals surface area contributed by atoms with Gasteiger partial charge in [0.25, 0.3) is 0 Å². The van der Waals surface area contributed by atoms with Gasteiger partial charge in [0.2, 0.25) is 5.36 Å². The third-order valence-corrected chi connectivity index (χ3v) is 5.13. The Kier molecular flexibility index (Phi) is 8.82. The maximum absolute atomic E-state index is 6.23. The van der Waals surface area contributed by atoms with E-state index in [4.69, 9.17) is 23.6 Å². The van der Waals surface area contributed by atoms with E-state index >= 15 is 0 Å². The number of hydrogen-bond acceptors (Lipinski definition) is 6. The van der Waals surface area contributed by atoms with Crippen LogP contribution in [0.25, 0.3) is 22.6 Å². The van der Waals surface area contributed by atoms with Crippen molar-refractivity contribution in [3.05, 3.63) is 41.3 Å². The highest BCUT2D eigenvalue weighted by molar-refractivity contribution is 5.81. The summed E-state index contributed by atoms with van der Waals surface area (Å²) in [4.78, 5) is 4.80. The van der Waals surface area contributed by atoms with Crippen molar-refractivity contribution >= 4 is 16.8 Å². The Labute approximate surface area is 184 Å². The Morgan fingerprint density at radius 3 is 2.52 bits per heavy atom. The van der Waals surface area contributed by atoms with Crippen LogP contribution in [0.1, 0.15) is 19.4 Å². The van der Waals surface area contributed by atoms with Crippen molar-refractivity contribution in [2.45, 2.75) is 20.8 Å². The molecular weight excluding hydrogens is 394 g/mol. The molecule has 1 aromatic carbocycles. The summed E-state index contributed by atoms with van der Waals surface area (Å²) in [6, 6.07) is 10.3. The summed E-state index contributed by atoms with van der Waals surface area (Å²) in [7, 11) is 1.67. The van der Waals surface area contributed by atoms with Gasteiger partial charge in [0, 0.05) is 31.5 Å². The highest BCUT2D eigenvalue weighted by Gasteiger charge is 2.13. The van der Waals surface area contributed by atoms with Gasteiger partial charge in [0.05, 0.1) is 32.5 Å². The standard InChI is InChI=1S/C24H33N3O4/c1-5-25-21-17-24-22(15-18(21)3)26-20-8-7-19(16-23(20)31-24)27(6-2)9-10-29-13-14-30-12-11-28-4/h7-8,15-17H,5-6,9-14H2,1-4H3/p+1. The van der Waals surface area contributed by atoms with E-state index in [0.29, 0.717) is 33.0 Å². The van der Waals surface area contributed by atoms with E-state index in [1.807, 2.05) is 12.1 Å². The molecule has 1 N–H and O–H groups in total. The molecule has 0 unspecified atom stereocenters. The Morgan fingerprint density at radius 2 is 1.77 bits per heavy atom. The van der Waals surface area contributed by atoms with Crippen molar-refractivity contribution in [2.75, 3.05) is 65.1 Å². The number of ether oxygens (including phenoxy) is 3. The van der Waals surface area contributed by atoms with Crippen LogP contribution in [-0.2, 0) is 14.2 Å². The zero-order valence-electron chi connectivity index (χ0n) is 19.1. The fraction of sp³-hybridized carbons (Fsp3) is 0.500. The van der Waals surface area contributed by atoms with E-state index < -0.39 is 0 Å². The molecule has 0 fully saturated rings. The normalized spacial score (nSPS) is 12.5. The number of hydrogen-bond donors (Lipinski definition) is 1. The Morgan fingerprint density at radius 1 is 1.00 bits per heavy atom. The molecule has 1 aromatic rings. The first-order chi connectivity index (χ1) is 15.2. The monoisotopic (exact) mass is 428 g/mol. The lowest BCUT2D eigenvalue weighted by Gasteiger charge is -2.11. The maximum Gasteiger partial charge on any atom is 0.203 e. The Hall–Kier alpha value is -2.48. The molecule has 0 spiro atoms. The predicted molar refractivity (Wildman–Crippen MR) is 124 cm³/mol. The molecule has 0 amide bonds. The number of methoxy groups -OCH3 is 1. The summed E-state index contributed by atoms with van der Waals surface area (Å²) in [5, 5.41) is 4.47. The van der Waals surface area contributed by atoms with Gasteiger partial charge in [0.1, 0.15) is 24.4 Å². The van der Waals surface area contributed by atoms with Gasteiger partial charge >= 0.3 is 0 Å². The van der Waals surface area contributed by atoms with Crippen LogP contribution in [0.15, 0.2) is 34.7 Å². The number of aromatic nitrogens is 1. The predicted octanol–water partition coefficient (Wildman–Crippen LogP) is 3.14. The fourth-order valence-electron chi connectivity index (χ4n) is 3.45. The number of anilines is 1. The molecular formula is C24H34N3O4+. The average Bonchev–Trinajstić information content (AvgIpc) is 2.77. The molecule has 168 valence electrons. The second-order valence-electron chi connectivity index (χ2n) is 7.33. The van der Waals surface area contributed by atoms with Gasteiger partial charge < -0.3 is 23.9 Å². The van der Waals surface area contributed by atoms with Gasteiger partial charge in [0.15, 0.2) is 17.9 Å². The quantitative estimate of drug-likeness (QED) is 0.272. The molecule has 0 bridgehead atoms. The van der Waals surface area contributed by atoms with Crippen molar-refractivity contribution in [3.8, 4) is 11.5 Å². The first-order valence-electron chi connectivity index (χ1n) is 11.0. The molecule has 1 aliphatic carbocycles. The average molecular weight is 429 g/mol. The molecule has 1 aliphatic heterocycles. The van der Waals surface area contributed by atoms with Gasteiger partial charge in [-0.15, -0.1) is 0 Å². The summed E-state index contributed by atoms with van der Waals surface area (Å²) in [5.41, 5.74) is 4.75. The summed E-state index contributed by atoms with van der Waals surface area (Å²) >= 11 is 0. The van der Waals surface area contributed by atoms with E-state index in [9.17, 15) is 0 Å². The van der Waals surface area contributed by atoms with Crippen LogP contribution in [0.5, 0.6) is 0 Å². The number of benzene rings is 2. The van der Waals surface area contributed by atoms with Crippen molar-refractivity contribution in [3.63, 3.8) is 0 Å². The van der Waals surface area contributed by atoms with Crippen molar-refractivity contribution in [2.24, 2.45) is 0 Å². The van der Waals surface area contributed by atoms with Crippen LogP contribution in [-0.4, -0.2) is 64.8 Å². The van der Waals surface area contributed by atoms with E-state index in [-0.39, 0.29) is 0 Å². The summed E-state index contributed by atoms with van der Waals surface area (Å²) < 4.78 is 24.6. The van der Waals surface area contributed by atoms with Crippen LogP contribution >= 0.6 is 0 Å². The first-order valence-corrected chi connectivity index (χ1v) is 11.0. The molecule has 0 saturated carbocycles. The first kappa shape index (κ1) is 23.2. The van der Waals surface area contributed by atoms with Gasteiger partial charge in [-0.25, -0.2) is 9.56 Å². The molecule has 3 rings (SSSR count). The van der Waals surface area contributed by atoms with Crippen LogP contribution in [0.2, 0.25) is 0 Å². The highest BCUT2D eigenvalue weighted by Crippen LogP contribution is 2.27. The lowest BCUT2D eigenvalue weighted by atomic mass is 10.1. The topological polar surface area (TPSA) is 68.8 Å². The number of likely N-dealkylation sites (N-methyl/N-ethyl adjacent to an activating group) is 1. The molecule has 0 aromatic heterocycles.